The molecule has 0 bridgehead atoms. The van der Waals surface area contributed by atoms with Crippen LogP contribution in [0.25, 0.3) is 0 Å². The van der Waals surface area contributed by atoms with Gasteiger partial charge in [-0.2, -0.15) is 0 Å². The Morgan fingerprint density at radius 2 is 2.07 bits per heavy atom. The minimum absolute atomic E-state index is 0.132. The van der Waals surface area contributed by atoms with Gasteiger partial charge in [-0.15, -0.1) is 0 Å². The molecule has 0 radical (unpaired) electrons. The summed E-state index contributed by atoms with van der Waals surface area (Å²) in [5, 5.41) is 0. The van der Waals surface area contributed by atoms with Gasteiger partial charge in [-0.1, -0.05) is 13.8 Å². The maximum absolute atomic E-state index is 12.0. The molecule has 2 atom stereocenters. The highest BCUT2D eigenvalue weighted by molar-refractivity contribution is 5.82. The number of piperidine rings is 1. The zero-order valence-corrected chi connectivity index (χ0v) is 9.49. The number of carbonyl (C=O) groups is 1. The summed E-state index contributed by atoms with van der Waals surface area (Å²) in [7, 11) is 0. The fourth-order valence-electron chi connectivity index (χ4n) is 1.90. The highest BCUT2D eigenvalue weighted by Crippen LogP contribution is 2.18. The summed E-state index contributed by atoms with van der Waals surface area (Å²) in [6.07, 6.45) is 3.49. The van der Waals surface area contributed by atoms with Crippen molar-refractivity contribution in [3.63, 3.8) is 0 Å². The van der Waals surface area contributed by atoms with E-state index in [0.29, 0.717) is 6.04 Å². The second-order valence-corrected chi connectivity index (χ2v) is 4.65. The van der Waals surface area contributed by atoms with Gasteiger partial charge in [0.05, 0.1) is 6.04 Å². The number of rotatable bonds is 2. The van der Waals surface area contributed by atoms with E-state index < -0.39 is 0 Å². The van der Waals surface area contributed by atoms with Crippen LogP contribution in [-0.2, 0) is 4.79 Å². The predicted molar refractivity (Wildman–Crippen MR) is 57.8 cm³/mol. The zero-order chi connectivity index (χ0) is 10.7. The quantitative estimate of drug-likeness (QED) is 0.728. The van der Waals surface area contributed by atoms with Gasteiger partial charge in [0.1, 0.15) is 0 Å². The third-order valence-electron chi connectivity index (χ3n) is 3.09. The third kappa shape index (κ3) is 2.47. The molecule has 14 heavy (non-hydrogen) atoms. The van der Waals surface area contributed by atoms with Gasteiger partial charge in [0, 0.05) is 12.6 Å². The van der Waals surface area contributed by atoms with Crippen LogP contribution in [0.5, 0.6) is 0 Å². The standard InChI is InChI=1S/C11H22N2O/c1-8(2)10(12)11(14)13-7-5-4-6-9(13)3/h8-10H,4-7,12H2,1-3H3/t9-,10-/m0/s1. The van der Waals surface area contributed by atoms with Crippen LogP contribution in [-0.4, -0.2) is 29.4 Å². The number of likely N-dealkylation sites (tertiary alicyclic amines) is 1. The summed E-state index contributed by atoms with van der Waals surface area (Å²) in [5.74, 6) is 0.365. The van der Waals surface area contributed by atoms with E-state index in [0.717, 1.165) is 19.4 Å². The molecule has 1 rings (SSSR count). The van der Waals surface area contributed by atoms with Gasteiger partial charge >= 0.3 is 0 Å². The topological polar surface area (TPSA) is 46.3 Å². The Bertz CT molecular complexity index is 203. The number of nitrogens with two attached hydrogens (primary N) is 1. The highest BCUT2D eigenvalue weighted by Gasteiger charge is 2.28. The normalized spacial score (nSPS) is 25.2. The predicted octanol–water partition coefficient (Wildman–Crippen LogP) is 1.37. The summed E-state index contributed by atoms with van der Waals surface area (Å²) < 4.78 is 0. The van der Waals surface area contributed by atoms with E-state index >= 15 is 0 Å². The van der Waals surface area contributed by atoms with Crippen molar-refractivity contribution < 1.29 is 4.79 Å². The van der Waals surface area contributed by atoms with Crippen molar-refractivity contribution in [1.82, 2.24) is 4.90 Å². The van der Waals surface area contributed by atoms with Crippen molar-refractivity contribution in [3.05, 3.63) is 0 Å². The number of amides is 1. The van der Waals surface area contributed by atoms with E-state index in [1.165, 1.54) is 6.42 Å². The van der Waals surface area contributed by atoms with E-state index in [4.69, 9.17) is 5.73 Å². The molecule has 1 amide bonds. The van der Waals surface area contributed by atoms with Crippen molar-refractivity contribution in [1.29, 1.82) is 0 Å². The lowest BCUT2D eigenvalue weighted by Gasteiger charge is -2.35. The molecular weight excluding hydrogens is 176 g/mol. The molecular formula is C11H22N2O. The van der Waals surface area contributed by atoms with Crippen LogP contribution in [0.2, 0.25) is 0 Å². The Morgan fingerprint density at radius 3 is 2.57 bits per heavy atom. The molecule has 2 N–H and O–H groups in total. The van der Waals surface area contributed by atoms with Gasteiger partial charge < -0.3 is 10.6 Å². The minimum Gasteiger partial charge on any atom is -0.339 e. The first kappa shape index (κ1) is 11.5. The molecule has 1 aliphatic heterocycles. The van der Waals surface area contributed by atoms with Gasteiger partial charge in [0.2, 0.25) is 5.91 Å². The van der Waals surface area contributed by atoms with Crippen molar-refractivity contribution in [2.45, 2.75) is 52.1 Å². The minimum atomic E-state index is -0.324. The summed E-state index contributed by atoms with van der Waals surface area (Å²) in [5.41, 5.74) is 5.86. The first-order chi connectivity index (χ1) is 6.54. The second-order valence-electron chi connectivity index (χ2n) is 4.65. The van der Waals surface area contributed by atoms with Crippen molar-refractivity contribution >= 4 is 5.91 Å². The van der Waals surface area contributed by atoms with E-state index in [9.17, 15) is 4.79 Å². The largest absolute Gasteiger partial charge is 0.339 e. The molecule has 0 aromatic heterocycles. The van der Waals surface area contributed by atoms with Crippen LogP contribution in [0.3, 0.4) is 0 Å². The van der Waals surface area contributed by atoms with Crippen LogP contribution in [0.15, 0.2) is 0 Å². The lowest BCUT2D eigenvalue weighted by atomic mass is 9.99. The molecule has 0 saturated carbocycles. The van der Waals surface area contributed by atoms with E-state index in [1.807, 2.05) is 18.7 Å². The van der Waals surface area contributed by atoms with Crippen molar-refractivity contribution in [3.8, 4) is 0 Å². The van der Waals surface area contributed by atoms with Crippen LogP contribution in [0, 0.1) is 5.92 Å². The zero-order valence-electron chi connectivity index (χ0n) is 9.49. The molecule has 3 heteroatoms. The number of hydrogen-bond donors (Lipinski definition) is 1. The molecule has 0 aromatic rings. The summed E-state index contributed by atoms with van der Waals surface area (Å²) in [4.78, 5) is 13.9. The molecule has 0 spiro atoms. The van der Waals surface area contributed by atoms with Gasteiger partial charge in [0.15, 0.2) is 0 Å². The molecule has 1 heterocycles. The smallest absolute Gasteiger partial charge is 0.239 e. The Balaban J connectivity index is 2.58. The maximum atomic E-state index is 12.0. The second kappa shape index (κ2) is 4.78. The average molecular weight is 198 g/mol. The fraction of sp³-hybridized carbons (Fsp3) is 0.909. The SMILES string of the molecule is CC(C)[C@H](N)C(=O)N1CCCC[C@@H]1C. The lowest BCUT2D eigenvalue weighted by molar-refractivity contribution is -0.136. The fourth-order valence-corrected chi connectivity index (χ4v) is 1.90. The molecule has 0 aliphatic carbocycles. The van der Waals surface area contributed by atoms with Gasteiger partial charge in [-0.25, -0.2) is 0 Å². The van der Waals surface area contributed by atoms with Gasteiger partial charge in [-0.05, 0) is 32.1 Å². The summed E-state index contributed by atoms with van der Waals surface area (Å²) in [6.45, 7) is 7.00. The summed E-state index contributed by atoms with van der Waals surface area (Å²) in [6, 6.07) is 0.0524. The van der Waals surface area contributed by atoms with Gasteiger partial charge in [-0.3, -0.25) is 4.79 Å². The van der Waals surface area contributed by atoms with E-state index in [-0.39, 0.29) is 17.9 Å². The van der Waals surface area contributed by atoms with Crippen LogP contribution >= 0.6 is 0 Å². The molecule has 1 saturated heterocycles. The first-order valence-electron chi connectivity index (χ1n) is 5.60. The Hall–Kier alpha value is -0.570. The maximum Gasteiger partial charge on any atom is 0.239 e. The van der Waals surface area contributed by atoms with E-state index in [2.05, 4.69) is 6.92 Å². The number of hydrogen-bond acceptors (Lipinski definition) is 2. The number of nitrogens with zero attached hydrogens (tertiary/aromatic N) is 1. The lowest BCUT2D eigenvalue weighted by Crippen LogP contribution is -2.51. The van der Waals surface area contributed by atoms with Gasteiger partial charge in [0.25, 0.3) is 0 Å². The van der Waals surface area contributed by atoms with Crippen molar-refractivity contribution in [2.75, 3.05) is 6.54 Å². The molecule has 3 nitrogen and oxygen atoms in total. The molecule has 82 valence electrons. The summed E-state index contributed by atoms with van der Waals surface area (Å²) >= 11 is 0. The first-order valence-corrected chi connectivity index (χ1v) is 5.60. The molecule has 0 unspecified atom stereocenters. The third-order valence-corrected chi connectivity index (χ3v) is 3.09. The highest BCUT2D eigenvalue weighted by atomic mass is 16.2. The molecule has 0 aromatic carbocycles. The monoisotopic (exact) mass is 198 g/mol. The van der Waals surface area contributed by atoms with E-state index in [1.54, 1.807) is 0 Å². The Morgan fingerprint density at radius 1 is 1.43 bits per heavy atom. The Kier molecular flexibility index (Phi) is 3.93. The van der Waals surface area contributed by atoms with Crippen molar-refractivity contribution in [2.24, 2.45) is 11.7 Å². The van der Waals surface area contributed by atoms with Crippen LogP contribution in [0.1, 0.15) is 40.0 Å². The van der Waals surface area contributed by atoms with Crippen LogP contribution < -0.4 is 5.73 Å². The average Bonchev–Trinajstić information content (AvgIpc) is 2.16. The Labute approximate surface area is 86.6 Å². The van der Waals surface area contributed by atoms with Crippen LogP contribution in [0.4, 0.5) is 0 Å². The molecule has 1 aliphatic rings. The number of carbonyl (C=O) groups excluding carboxylic acids is 1. The molecule has 1 fully saturated rings.